The van der Waals surface area contributed by atoms with Gasteiger partial charge in [-0.25, -0.2) is 0 Å². The van der Waals surface area contributed by atoms with E-state index in [1.807, 2.05) is 43.3 Å². The average molecular weight is 660 g/mol. The van der Waals surface area contributed by atoms with Crippen LogP contribution in [0.15, 0.2) is 76.6 Å². The normalized spacial score (nSPS) is 27.8. The number of hydrogen-bond acceptors (Lipinski definition) is 8. The van der Waals surface area contributed by atoms with Gasteiger partial charge in [-0.05, 0) is 67.0 Å². The van der Waals surface area contributed by atoms with E-state index < -0.39 is 22.7 Å². The highest BCUT2D eigenvalue weighted by atomic mass is 35.5. The second-order valence-corrected chi connectivity index (χ2v) is 14.8. The van der Waals surface area contributed by atoms with E-state index in [1.165, 1.54) is 11.0 Å². The van der Waals surface area contributed by atoms with Gasteiger partial charge in [0.25, 0.3) is 5.69 Å². The van der Waals surface area contributed by atoms with E-state index in [2.05, 4.69) is 4.98 Å². The Labute approximate surface area is 270 Å². The SMILES string of the molecule is Cc1ccc(N2C(=O)[C@H]3[C@H]4C[C@@H]([C@@H]3C2=O)[C@H]2[C@H](c3cc([N+](=O)[O-])ccc3OCc3cccc(Cl)c3)c3sc(=O)[nH]c3S[C@H]42)cc1. The van der Waals surface area contributed by atoms with Gasteiger partial charge in [0.15, 0.2) is 0 Å². The number of imide groups is 1. The summed E-state index contributed by atoms with van der Waals surface area (Å²) in [5, 5.41) is 13.2. The van der Waals surface area contributed by atoms with E-state index >= 15 is 0 Å². The molecule has 3 aromatic carbocycles. The molecule has 228 valence electrons. The molecule has 0 unspecified atom stereocenters. The number of thioether (sulfide) groups is 1. The highest BCUT2D eigenvalue weighted by molar-refractivity contribution is 8.00. The van der Waals surface area contributed by atoms with Crippen LogP contribution in [0.4, 0.5) is 11.4 Å². The van der Waals surface area contributed by atoms with Gasteiger partial charge in [-0.2, -0.15) is 0 Å². The first-order chi connectivity index (χ1) is 21.7. The number of carbonyl (C=O) groups is 2. The molecule has 2 aliphatic carbocycles. The molecule has 2 bridgehead atoms. The number of ether oxygens (including phenoxy) is 1. The fourth-order valence-electron chi connectivity index (χ4n) is 8.13. The number of thiazole rings is 1. The minimum Gasteiger partial charge on any atom is -0.489 e. The summed E-state index contributed by atoms with van der Waals surface area (Å²) in [7, 11) is 0. The predicted molar refractivity (Wildman–Crippen MR) is 171 cm³/mol. The molecular weight excluding hydrogens is 634 g/mol. The number of rotatable bonds is 6. The van der Waals surface area contributed by atoms with Crippen LogP contribution in [-0.2, 0) is 16.2 Å². The zero-order valence-electron chi connectivity index (χ0n) is 23.8. The molecule has 0 radical (unpaired) electrons. The van der Waals surface area contributed by atoms with Gasteiger partial charge in [0.2, 0.25) is 11.8 Å². The number of fused-ring (bicyclic) bond motifs is 9. The molecule has 2 saturated carbocycles. The van der Waals surface area contributed by atoms with Crippen molar-refractivity contribution >= 4 is 57.9 Å². The molecule has 0 spiro atoms. The number of aryl methyl sites for hydroxylation is 1. The van der Waals surface area contributed by atoms with E-state index in [1.54, 1.807) is 36.0 Å². The summed E-state index contributed by atoms with van der Waals surface area (Å²) in [5.74, 6) is -1.58. The van der Waals surface area contributed by atoms with Crippen LogP contribution in [0.25, 0.3) is 0 Å². The minimum absolute atomic E-state index is 0.0613. The number of nitrogens with zero attached hydrogens (tertiary/aromatic N) is 2. The van der Waals surface area contributed by atoms with Crippen molar-refractivity contribution in [2.45, 2.75) is 36.1 Å². The summed E-state index contributed by atoms with van der Waals surface area (Å²) in [6, 6.07) is 19.3. The summed E-state index contributed by atoms with van der Waals surface area (Å²) in [6.07, 6.45) is 0.709. The molecule has 7 atom stereocenters. The number of aromatic amines is 1. The highest BCUT2D eigenvalue weighted by Gasteiger charge is 2.70. The third kappa shape index (κ3) is 4.46. The first kappa shape index (κ1) is 28.5. The van der Waals surface area contributed by atoms with Gasteiger partial charge in [0.1, 0.15) is 12.4 Å². The van der Waals surface area contributed by atoms with Crippen molar-refractivity contribution in [2.75, 3.05) is 4.90 Å². The van der Waals surface area contributed by atoms with E-state index in [-0.39, 0.29) is 52.0 Å². The molecule has 9 nitrogen and oxygen atoms in total. The van der Waals surface area contributed by atoms with E-state index in [0.29, 0.717) is 28.4 Å². The Morgan fingerprint density at radius 3 is 2.51 bits per heavy atom. The first-order valence-electron chi connectivity index (χ1n) is 14.7. The molecule has 2 amide bonds. The lowest BCUT2D eigenvalue weighted by Gasteiger charge is -2.43. The second kappa shape index (κ2) is 10.6. The van der Waals surface area contributed by atoms with Crippen molar-refractivity contribution in [3.8, 4) is 5.75 Å². The zero-order valence-corrected chi connectivity index (χ0v) is 26.2. The Kier molecular flexibility index (Phi) is 6.70. The molecule has 45 heavy (non-hydrogen) atoms. The van der Waals surface area contributed by atoms with Crippen LogP contribution in [-0.4, -0.2) is 27.0 Å². The lowest BCUT2D eigenvalue weighted by atomic mass is 9.68. The van der Waals surface area contributed by atoms with Gasteiger partial charge < -0.3 is 9.72 Å². The van der Waals surface area contributed by atoms with Gasteiger partial charge in [0.05, 0.1) is 27.5 Å². The van der Waals surface area contributed by atoms with Gasteiger partial charge in [-0.1, -0.05) is 52.8 Å². The molecule has 3 fully saturated rings. The molecule has 1 saturated heterocycles. The number of nitro benzene ring substituents is 1. The number of amides is 2. The molecule has 1 N–H and O–H groups in total. The predicted octanol–water partition coefficient (Wildman–Crippen LogP) is 6.56. The monoisotopic (exact) mass is 659 g/mol. The summed E-state index contributed by atoms with van der Waals surface area (Å²) in [6.45, 7) is 2.14. The third-order valence-electron chi connectivity index (χ3n) is 9.84. The van der Waals surface area contributed by atoms with Crippen LogP contribution < -0.4 is 14.5 Å². The van der Waals surface area contributed by atoms with Crippen molar-refractivity contribution in [3.05, 3.63) is 113 Å². The molecule has 3 heterocycles. The topological polar surface area (TPSA) is 123 Å². The molecule has 8 rings (SSSR count). The second-order valence-electron chi connectivity index (χ2n) is 12.2. The molecule has 2 aliphatic heterocycles. The maximum Gasteiger partial charge on any atom is 0.305 e. The number of H-pyrrole nitrogens is 1. The van der Waals surface area contributed by atoms with Crippen molar-refractivity contribution in [1.82, 2.24) is 4.98 Å². The summed E-state index contributed by atoms with van der Waals surface area (Å²) < 4.78 is 6.32. The fraction of sp³-hybridized carbons (Fsp3) is 0.303. The van der Waals surface area contributed by atoms with Crippen LogP contribution in [0.5, 0.6) is 5.75 Å². The Balaban J connectivity index is 1.22. The maximum absolute atomic E-state index is 14.1. The lowest BCUT2D eigenvalue weighted by molar-refractivity contribution is -0.385. The van der Waals surface area contributed by atoms with Crippen molar-refractivity contribution < 1.29 is 19.2 Å². The minimum atomic E-state index is -0.486. The van der Waals surface area contributed by atoms with E-state index in [0.717, 1.165) is 32.4 Å². The fourth-order valence-corrected chi connectivity index (χ4v) is 11.2. The van der Waals surface area contributed by atoms with Gasteiger partial charge in [-0.3, -0.25) is 29.4 Å². The van der Waals surface area contributed by atoms with Crippen LogP contribution in [0.1, 0.15) is 33.9 Å². The van der Waals surface area contributed by atoms with Crippen molar-refractivity contribution in [3.63, 3.8) is 0 Å². The lowest BCUT2D eigenvalue weighted by Crippen LogP contribution is -2.42. The van der Waals surface area contributed by atoms with Crippen LogP contribution in [0, 0.1) is 46.6 Å². The number of benzene rings is 3. The Morgan fingerprint density at radius 2 is 1.78 bits per heavy atom. The van der Waals surface area contributed by atoms with E-state index in [4.69, 9.17) is 16.3 Å². The first-order valence-corrected chi connectivity index (χ1v) is 16.8. The molecule has 4 aromatic rings. The molecule has 4 aliphatic rings. The number of nitrogens with one attached hydrogen (secondary N) is 1. The van der Waals surface area contributed by atoms with Crippen LogP contribution in [0.3, 0.4) is 0 Å². The summed E-state index contributed by atoms with van der Waals surface area (Å²) in [4.78, 5) is 57.2. The number of carbonyl (C=O) groups excluding carboxylic acids is 2. The standard InChI is InChI=1S/C33H26ClN3O6S2/c1-15-5-7-18(8-6-15)36-31(38)26-21-13-22(27(26)32(36)39)28-25(21)24(29-30(44-28)35-33(40)45-29)20-12-19(37(41)42)9-10-23(20)43-14-16-3-2-4-17(34)11-16/h2-12,21-22,24-28H,13-14H2,1H3,(H,35,40)/t21-,22-,24+,25+,26+,27+,28-/m1/s1. The number of nitro groups is 1. The largest absolute Gasteiger partial charge is 0.489 e. The smallest absolute Gasteiger partial charge is 0.305 e. The zero-order chi connectivity index (χ0) is 31.1. The quantitative estimate of drug-likeness (QED) is 0.141. The number of hydrogen-bond donors (Lipinski definition) is 1. The maximum atomic E-state index is 14.1. The highest BCUT2D eigenvalue weighted by Crippen LogP contribution is 2.69. The Morgan fingerprint density at radius 1 is 1.02 bits per heavy atom. The molecular formula is C33H26ClN3O6S2. The average Bonchev–Trinajstić information content (AvgIpc) is 3.75. The molecule has 12 heteroatoms. The van der Waals surface area contributed by atoms with Crippen LogP contribution >= 0.6 is 34.7 Å². The van der Waals surface area contributed by atoms with Gasteiger partial charge in [0, 0.05) is 38.8 Å². The van der Waals surface area contributed by atoms with Gasteiger partial charge >= 0.3 is 4.87 Å². The number of aromatic nitrogens is 1. The number of non-ortho nitro benzene ring substituents is 1. The van der Waals surface area contributed by atoms with Crippen molar-refractivity contribution in [2.24, 2.45) is 29.6 Å². The van der Waals surface area contributed by atoms with E-state index in [9.17, 15) is 24.5 Å². The summed E-state index contributed by atoms with van der Waals surface area (Å²) in [5.41, 5.74) is 2.97. The number of halogens is 1. The van der Waals surface area contributed by atoms with Crippen LogP contribution in [0.2, 0.25) is 5.02 Å². The molecule has 1 aromatic heterocycles. The Bertz CT molecular complexity index is 1960. The summed E-state index contributed by atoms with van der Waals surface area (Å²) >= 11 is 8.86. The number of anilines is 1. The van der Waals surface area contributed by atoms with Gasteiger partial charge in [-0.15, -0.1) is 11.8 Å². The van der Waals surface area contributed by atoms with Crippen molar-refractivity contribution in [1.29, 1.82) is 0 Å². The third-order valence-corrected chi connectivity index (χ3v) is 12.7. The Hall–Kier alpha value is -3.93.